The summed E-state index contributed by atoms with van der Waals surface area (Å²) in [6.07, 6.45) is 5.94. The molecule has 1 atom stereocenters. The molecule has 14 heavy (non-hydrogen) atoms. The van der Waals surface area contributed by atoms with Gasteiger partial charge in [0.15, 0.2) is 0 Å². The van der Waals surface area contributed by atoms with E-state index in [-0.39, 0.29) is 0 Å². The molecular formula is C11H24N2O. The summed E-state index contributed by atoms with van der Waals surface area (Å²) in [5.74, 6) is 0.724. The molecule has 0 spiro atoms. The van der Waals surface area contributed by atoms with E-state index in [2.05, 4.69) is 4.90 Å². The van der Waals surface area contributed by atoms with Crippen LogP contribution < -0.4 is 5.73 Å². The molecule has 3 nitrogen and oxygen atoms in total. The number of nitrogens with zero attached hydrogens (tertiary/aromatic N) is 1. The molecule has 0 aromatic rings. The van der Waals surface area contributed by atoms with Crippen molar-refractivity contribution in [1.82, 2.24) is 4.90 Å². The molecule has 1 aliphatic heterocycles. The quantitative estimate of drug-likeness (QED) is 0.624. The third-order valence-corrected chi connectivity index (χ3v) is 3.07. The molecule has 1 heterocycles. The monoisotopic (exact) mass is 200 g/mol. The number of nitrogens with two attached hydrogens (primary N) is 1. The summed E-state index contributed by atoms with van der Waals surface area (Å²) < 4.78 is 0. The van der Waals surface area contributed by atoms with E-state index in [0.29, 0.717) is 6.61 Å². The van der Waals surface area contributed by atoms with Crippen LogP contribution in [-0.4, -0.2) is 42.8 Å². The molecule has 0 radical (unpaired) electrons. The van der Waals surface area contributed by atoms with Crippen molar-refractivity contribution in [3.63, 3.8) is 0 Å². The van der Waals surface area contributed by atoms with Crippen LogP contribution in [0.15, 0.2) is 0 Å². The SMILES string of the molecule is NCC1CCCN(CCCCCO)C1. The lowest BCUT2D eigenvalue weighted by atomic mass is 9.98. The molecule has 1 aliphatic rings. The third kappa shape index (κ3) is 4.40. The second-order valence-corrected chi connectivity index (χ2v) is 4.33. The van der Waals surface area contributed by atoms with Crippen LogP contribution in [0.5, 0.6) is 0 Å². The fourth-order valence-electron chi connectivity index (χ4n) is 2.17. The minimum atomic E-state index is 0.339. The maximum atomic E-state index is 8.65. The molecule has 0 saturated carbocycles. The van der Waals surface area contributed by atoms with Crippen molar-refractivity contribution in [2.24, 2.45) is 11.7 Å². The van der Waals surface area contributed by atoms with Gasteiger partial charge in [-0.15, -0.1) is 0 Å². The molecule has 1 rings (SSSR count). The van der Waals surface area contributed by atoms with Crippen LogP contribution in [0, 0.1) is 5.92 Å². The molecule has 0 amide bonds. The van der Waals surface area contributed by atoms with E-state index >= 15 is 0 Å². The van der Waals surface area contributed by atoms with Crippen molar-refractivity contribution in [3.05, 3.63) is 0 Å². The van der Waals surface area contributed by atoms with Gasteiger partial charge in [-0.2, -0.15) is 0 Å². The first kappa shape index (κ1) is 12.0. The van der Waals surface area contributed by atoms with Gasteiger partial charge in [0.1, 0.15) is 0 Å². The summed E-state index contributed by atoms with van der Waals surface area (Å²) in [6, 6.07) is 0. The predicted octanol–water partition coefficient (Wildman–Crippen LogP) is 0.820. The number of aliphatic hydroxyl groups is 1. The van der Waals surface area contributed by atoms with E-state index in [9.17, 15) is 0 Å². The first-order chi connectivity index (χ1) is 6.86. The molecule has 0 aromatic carbocycles. The van der Waals surface area contributed by atoms with Crippen LogP contribution in [0.3, 0.4) is 0 Å². The van der Waals surface area contributed by atoms with E-state index < -0.39 is 0 Å². The summed E-state index contributed by atoms with van der Waals surface area (Å²) in [5, 5.41) is 8.65. The highest BCUT2D eigenvalue weighted by molar-refractivity contribution is 4.73. The molecular weight excluding hydrogens is 176 g/mol. The van der Waals surface area contributed by atoms with Gasteiger partial charge < -0.3 is 15.7 Å². The largest absolute Gasteiger partial charge is 0.396 e. The fourth-order valence-corrected chi connectivity index (χ4v) is 2.17. The standard InChI is InChI=1S/C11H24N2O/c12-9-11-5-4-7-13(10-11)6-2-1-3-8-14/h11,14H,1-10,12H2. The normalized spacial score (nSPS) is 24.0. The lowest BCUT2D eigenvalue weighted by Crippen LogP contribution is -2.38. The Bertz CT molecular complexity index is 141. The van der Waals surface area contributed by atoms with Crippen molar-refractivity contribution >= 4 is 0 Å². The maximum absolute atomic E-state index is 8.65. The van der Waals surface area contributed by atoms with Crippen LogP contribution in [0.2, 0.25) is 0 Å². The Kier molecular flexibility index (Phi) is 6.15. The summed E-state index contributed by atoms with van der Waals surface area (Å²) >= 11 is 0. The van der Waals surface area contributed by atoms with Gasteiger partial charge in [-0.1, -0.05) is 0 Å². The van der Waals surface area contributed by atoms with Gasteiger partial charge in [-0.25, -0.2) is 0 Å². The van der Waals surface area contributed by atoms with Crippen molar-refractivity contribution in [2.75, 3.05) is 32.8 Å². The molecule has 1 unspecified atom stereocenters. The van der Waals surface area contributed by atoms with Crippen LogP contribution in [0.25, 0.3) is 0 Å². The molecule has 1 saturated heterocycles. The first-order valence-electron chi connectivity index (χ1n) is 5.90. The van der Waals surface area contributed by atoms with E-state index in [0.717, 1.165) is 25.3 Å². The summed E-state index contributed by atoms with van der Waals surface area (Å²) in [4.78, 5) is 2.53. The van der Waals surface area contributed by atoms with Crippen molar-refractivity contribution < 1.29 is 5.11 Å². The Morgan fingerprint density at radius 2 is 2.14 bits per heavy atom. The minimum absolute atomic E-state index is 0.339. The summed E-state index contributed by atoms with van der Waals surface area (Å²) in [5.41, 5.74) is 5.68. The van der Waals surface area contributed by atoms with Crippen molar-refractivity contribution in [1.29, 1.82) is 0 Å². The zero-order valence-electron chi connectivity index (χ0n) is 9.12. The first-order valence-corrected chi connectivity index (χ1v) is 5.90. The highest BCUT2D eigenvalue weighted by atomic mass is 16.2. The zero-order chi connectivity index (χ0) is 10.2. The Morgan fingerprint density at radius 1 is 1.29 bits per heavy atom. The van der Waals surface area contributed by atoms with Crippen LogP contribution in [0.4, 0.5) is 0 Å². The molecule has 1 fully saturated rings. The lowest BCUT2D eigenvalue weighted by Gasteiger charge is -2.32. The van der Waals surface area contributed by atoms with E-state index in [1.54, 1.807) is 0 Å². The van der Waals surface area contributed by atoms with Crippen LogP contribution >= 0.6 is 0 Å². The maximum Gasteiger partial charge on any atom is 0.0431 e. The number of piperidine rings is 1. The third-order valence-electron chi connectivity index (χ3n) is 3.07. The second-order valence-electron chi connectivity index (χ2n) is 4.33. The Morgan fingerprint density at radius 3 is 2.86 bits per heavy atom. The highest BCUT2D eigenvalue weighted by Crippen LogP contribution is 2.15. The van der Waals surface area contributed by atoms with Gasteiger partial charge >= 0.3 is 0 Å². The Labute approximate surface area is 87.3 Å². The zero-order valence-corrected chi connectivity index (χ0v) is 9.12. The number of aliphatic hydroxyl groups excluding tert-OH is 1. The van der Waals surface area contributed by atoms with Gasteiger partial charge in [0.25, 0.3) is 0 Å². The smallest absolute Gasteiger partial charge is 0.0431 e. The summed E-state index contributed by atoms with van der Waals surface area (Å²) in [7, 11) is 0. The second kappa shape index (κ2) is 7.21. The van der Waals surface area contributed by atoms with Gasteiger partial charge in [0.05, 0.1) is 0 Å². The molecule has 84 valence electrons. The molecule has 0 aliphatic carbocycles. The minimum Gasteiger partial charge on any atom is -0.396 e. The Hall–Kier alpha value is -0.120. The molecule has 0 aromatic heterocycles. The van der Waals surface area contributed by atoms with Gasteiger partial charge in [0, 0.05) is 13.2 Å². The number of unbranched alkanes of at least 4 members (excludes halogenated alkanes) is 2. The van der Waals surface area contributed by atoms with Gasteiger partial charge in [-0.05, 0) is 57.7 Å². The molecule has 0 bridgehead atoms. The molecule has 3 N–H and O–H groups in total. The highest BCUT2D eigenvalue weighted by Gasteiger charge is 2.17. The molecule has 3 heteroatoms. The number of hydrogen-bond donors (Lipinski definition) is 2. The number of rotatable bonds is 6. The lowest BCUT2D eigenvalue weighted by molar-refractivity contribution is 0.173. The van der Waals surface area contributed by atoms with E-state index in [4.69, 9.17) is 10.8 Å². The average molecular weight is 200 g/mol. The van der Waals surface area contributed by atoms with Crippen LogP contribution in [0.1, 0.15) is 32.1 Å². The number of hydrogen-bond acceptors (Lipinski definition) is 3. The topological polar surface area (TPSA) is 49.5 Å². The van der Waals surface area contributed by atoms with Crippen LogP contribution in [-0.2, 0) is 0 Å². The number of likely N-dealkylation sites (tertiary alicyclic amines) is 1. The van der Waals surface area contributed by atoms with Gasteiger partial charge in [-0.3, -0.25) is 0 Å². The van der Waals surface area contributed by atoms with Crippen molar-refractivity contribution in [2.45, 2.75) is 32.1 Å². The van der Waals surface area contributed by atoms with Crippen molar-refractivity contribution in [3.8, 4) is 0 Å². The Balaban J connectivity index is 2.05. The summed E-state index contributed by atoms with van der Waals surface area (Å²) in [6.45, 7) is 4.81. The van der Waals surface area contributed by atoms with Gasteiger partial charge in [0.2, 0.25) is 0 Å². The average Bonchev–Trinajstić information content (AvgIpc) is 2.25. The van der Waals surface area contributed by atoms with E-state index in [1.165, 1.54) is 38.9 Å². The predicted molar refractivity (Wildman–Crippen MR) is 59.2 cm³/mol. The van der Waals surface area contributed by atoms with E-state index in [1.807, 2.05) is 0 Å². The fraction of sp³-hybridized carbons (Fsp3) is 1.00.